The molecule has 0 bridgehead atoms. The van der Waals surface area contributed by atoms with Crippen molar-refractivity contribution >= 4 is 49.9 Å². The van der Waals surface area contributed by atoms with Crippen LogP contribution < -0.4 is 20.1 Å². The predicted molar refractivity (Wildman–Crippen MR) is 127 cm³/mol. The van der Waals surface area contributed by atoms with Gasteiger partial charge in [-0.2, -0.15) is 0 Å². The molecular formula is C24H25BrN2O4. The Kier molecular flexibility index (Phi) is 7.52. The van der Waals surface area contributed by atoms with Crippen molar-refractivity contribution in [1.29, 1.82) is 0 Å². The number of anilines is 2. The molecule has 3 aromatic rings. The standard InChI is InChI=1S/C24H25BrN2O4/c1-4-5-10-21(28)27-19-12-11-16(14-20(19)30-2)26-24(29)18-13-15-8-6-7-9-17(15)22(25)23(18)31-3/h6-9,11-14H,4-5,10H2,1-3H3,(H,26,29)(H,27,28). The van der Waals surface area contributed by atoms with Crippen LogP contribution in [0.4, 0.5) is 11.4 Å². The second-order valence-corrected chi connectivity index (χ2v) is 7.81. The third kappa shape index (κ3) is 5.17. The molecule has 162 valence electrons. The normalized spacial score (nSPS) is 10.6. The van der Waals surface area contributed by atoms with Gasteiger partial charge < -0.3 is 20.1 Å². The van der Waals surface area contributed by atoms with E-state index >= 15 is 0 Å². The molecule has 0 aliphatic carbocycles. The highest BCUT2D eigenvalue weighted by Crippen LogP contribution is 2.37. The molecule has 2 amide bonds. The maximum absolute atomic E-state index is 13.0. The second kappa shape index (κ2) is 10.3. The van der Waals surface area contributed by atoms with E-state index in [1.165, 1.54) is 14.2 Å². The fourth-order valence-corrected chi connectivity index (χ4v) is 4.01. The molecule has 0 radical (unpaired) electrons. The zero-order valence-corrected chi connectivity index (χ0v) is 19.3. The van der Waals surface area contributed by atoms with Gasteiger partial charge in [0, 0.05) is 18.2 Å². The summed E-state index contributed by atoms with van der Waals surface area (Å²) >= 11 is 3.55. The SMILES string of the molecule is CCCCC(=O)Nc1ccc(NC(=O)c2cc3ccccc3c(Br)c2OC)cc1OC. The summed E-state index contributed by atoms with van der Waals surface area (Å²) in [6, 6.07) is 14.7. The zero-order valence-electron chi connectivity index (χ0n) is 17.8. The van der Waals surface area contributed by atoms with Crippen molar-refractivity contribution in [2.45, 2.75) is 26.2 Å². The minimum atomic E-state index is -0.315. The molecule has 0 saturated carbocycles. The maximum atomic E-state index is 13.0. The first kappa shape index (κ1) is 22.6. The number of fused-ring (bicyclic) bond motifs is 1. The number of nitrogens with one attached hydrogen (secondary N) is 2. The van der Waals surface area contributed by atoms with Crippen LogP contribution in [0.25, 0.3) is 10.8 Å². The van der Waals surface area contributed by atoms with Gasteiger partial charge in [0.25, 0.3) is 5.91 Å². The summed E-state index contributed by atoms with van der Waals surface area (Å²) in [4.78, 5) is 25.1. The predicted octanol–water partition coefficient (Wildman–Crippen LogP) is 6.00. The van der Waals surface area contributed by atoms with Crippen LogP contribution in [0.3, 0.4) is 0 Å². The van der Waals surface area contributed by atoms with Gasteiger partial charge in [-0.15, -0.1) is 0 Å². The van der Waals surface area contributed by atoms with E-state index in [0.717, 1.165) is 28.1 Å². The lowest BCUT2D eigenvalue weighted by molar-refractivity contribution is -0.116. The Balaban J connectivity index is 1.86. The second-order valence-electron chi connectivity index (χ2n) is 7.01. The van der Waals surface area contributed by atoms with E-state index < -0.39 is 0 Å². The Morgan fingerprint density at radius 1 is 1.00 bits per heavy atom. The van der Waals surface area contributed by atoms with Crippen LogP contribution in [0.15, 0.2) is 53.0 Å². The van der Waals surface area contributed by atoms with Gasteiger partial charge in [-0.3, -0.25) is 9.59 Å². The summed E-state index contributed by atoms with van der Waals surface area (Å²) in [7, 11) is 3.05. The monoisotopic (exact) mass is 484 g/mol. The van der Waals surface area contributed by atoms with Crippen molar-refractivity contribution in [3.05, 3.63) is 58.6 Å². The van der Waals surface area contributed by atoms with Gasteiger partial charge in [-0.25, -0.2) is 0 Å². The summed E-state index contributed by atoms with van der Waals surface area (Å²) in [5.74, 6) is 0.546. The molecule has 0 saturated heterocycles. The Hall–Kier alpha value is -3.06. The quantitative estimate of drug-likeness (QED) is 0.410. The third-order valence-electron chi connectivity index (χ3n) is 4.88. The number of rotatable bonds is 8. The van der Waals surface area contributed by atoms with Gasteiger partial charge in [0.2, 0.25) is 5.91 Å². The molecule has 2 N–H and O–H groups in total. The average Bonchev–Trinajstić information content (AvgIpc) is 2.78. The van der Waals surface area contributed by atoms with Crippen LogP contribution in [0.1, 0.15) is 36.5 Å². The number of hydrogen-bond acceptors (Lipinski definition) is 4. The molecule has 7 heteroatoms. The number of carbonyl (C=O) groups is 2. The minimum absolute atomic E-state index is 0.0670. The van der Waals surface area contributed by atoms with Crippen molar-refractivity contribution < 1.29 is 19.1 Å². The molecule has 0 fully saturated rings. The fraction of sp³-hybridized carbons (Fsp3) is 0.250. The first-order chi connectivity index (χ1) is 15.0. The number of hydrogen-bond donors (Lipinski definition) is 2. The number of benzene rings is 3. The summed E-state index contributed by atoms with van der Waals surface area (Å²) in [6.07, 6.45) is 2.23. The van der Waals surface area contributed by atoms with Crippen LogP contribution in [0, 0.1) is 0 Å². The van der Waals surface area contributed by atoms with Crippen LogP contribution in [-0.2, 0) is 4.79 Å². The number of halogens is 1. The van der Waals surface area contributed by atoms with Crippen LogP contribution in [0.2, 0.25) is 0 Å². The molecule has 0 aliphatic heterocycles. The molecule has 0 heterocycles. The van der Waals surface area contributed by atoms with Crippen molar-refractivity contribution in [3.8, 4) is 11.5 Å². The molecule has 31 heavy (non-hydrogen) atoms. The van der Waals surface area contributed by atoms with E-state index in [-0.39, 0.29) is 11.8 Å². The molecule has 3 rings (SSSR count). The number of ether oxygens (including phenoxy) is 2. The Labute approximate surface area is 190 Å². The molecular weight excluding hydrogens is 460 g/mol. The maximum Gasteiger partial charge on any atom is 0.259 e. The van der Waals surface area contributed by atoms with Gasteiger partial charge in [0.15, 0.2) is 0 Å². The molecule has 0 aromatic heterocycles. The molecule has 3 aromatic carbocycles. The number of carbonyl (C=O) groups excluding carboxylic acids is 2. The van der Waals surface area contributed by atoms with Gasteiger partial charge in [-0.05, 0) is 51.3 Å². The minimum Gasteiger partial charge on any atom is -0.495 e. The lowest BCUT2D eigenvalue weighted by Gasteiger charge is -2.15. The third-order valence-corrected chi connectivity index (χ3v) is 5.67. The summed E-state index contributed by atoms with van der Waals surface area (Å²) in [5.41, 5.74) is 1.51. The van der Waals surface area contributed by atoms with Crippen molar-refractivity contribution in [3.63, 3.8) is 0 Å². The van der Waals surface area contributed by atoms with Crippen molar-refractivity contribution in [2.24, 2.45) is 0 Å². The summed E-state index contributed by atoms with van der Waals surface area (Å²) in [5, 5.41) is 7.61. The topological polar surface area (TPSA) is 76.7 Å². The number of amides is 2. The van der Waals surface area contributed by atoms with Crippen molar-refractivity contribution in [1.82, 2.24) is 0 Å². The van der Waals surface area contributed by atoms with E-state index in [1.54, 1.807) is 24.3 Å². The Morgan fingerprint density at radius 2 is 1.77 bits per heavy atom. The summed E-state index contributed by atoms with van der Waals surface area (Å²) in [6.45, 7) is 2.04. The Morgan fingerprint density at radius 3 is 2.48 bits per heavy atom. The van der Waals surface area contributed by atoms with Gasteiger partial charge in [0.05, 0.1) is 29.9 Å². The van der Waals surface area contributed by atoms with Crippen molar-refractivity contribution in [2.75, 3.05) is 24.9 Å². The van der Waals surface area contributed by atoms with Crippen LogP contribution >= 0.6 is 15.9 Å². The van der Waals surface area contributed by atoms with E-state index in [0.29, 0.717) is 34.9 Å². The van der Waals surface area contributed by atoms with Gasteiger partial charge in [0.1, 0.15) is 11.5 Å². The van der Waals surface area contributed by atoms with E-state index in [9.17, 15) is 9.59 Å². The summed E-state index contributed by atoms with van der Waals surface area (Å²) < 4.78 is 11.6. The molecule has 0 aliphatic rings. The zero-order chi connectivity index (χ0) is 22.4. The van der Waals surface area contributed by atoms with Gasteiger partial charge in [-0.1, -0.05) is 37.6 Å². The highest BCUT2D eigenvalue weighted by Gasteiger charge is 2.19. The Bertz CT molecular complexity index is 1110. The van der Waals surface area contributed by atoms with Crippen LogP contribution in [-0.4, -0.2) is 26.0 Å². The lowest BCUT2D eigenvalue weighted by atomic mass is 10.0. The van der Waals surface area contributed by atoms with E-state index in [2.05, 4.69) is 26.6 Å². The number of methoxy groups -OCH3 is 2. The smallest absolute Gasteiger partial charge is 0.259 e. The molecule has 0 unspecified atom stereocenters. The first-order valence-electron chi connectivity index (χ1n) is 10.0. The van der Waals surface area contributed by atoms with E-state index in [1.807, 2.05) is 31.2 Å². The molecule has 0 spiro atoms. The highest BCUT2D eigenvalue weighted by molar-refractivity contribution is 9.10. The van der Waals surface area contributed by atoms with E-state index in [4.69, 9.17) is 9.47 Å². The van der Waals surface area contributed by atoms with Crippen LogP contribution in [0.5, 0.6) is 11.5 Å². The first-order valence-corrected chi connectivity index (χ1v) is 10.8. The fourth-order valence-electron chi connectivity index (χ4n) is 3.27. The molecule has 0 atom stereocenters. The largest absolute Gasteiger partial charge is 0.495 e. The van der Waals surface area contributed by atoms with Gasteiger partial charge >= 0.3 is 0 Å². The average molecular weight is 485 g/mol. The number of unbranched alkanes of at least 4 members (excludes halogenated alkanes) is 1. The molecule has 6 nitrogen and oxygen atoms in total. The highest BCUT2D eigenvalue weighted by atomic mass is 79.9. The lowest BCUT2D eigenvalue weighted by Crippen LogP contribution is -2.15.